The van der Waals surface area contributed by atoms with Crippen LogP contribution in [0.15, 0.2) is 0 Å². The van der Waals surface area contributed by atoms with E-state index in [9.17, 15) is 9.59 Å². The zero-order chi connectivity index (χ0) is 15.9. The minimum Gasteiger partial charge on any atom is -0.342 e. The molecule has 0 spiro atoms. The van der Waals surface area contributed by atoms with Gasteiger partial charge in [-0.1, -0.05) is 39.5 Å². The quantitative estimate of drug-likeness (QED) is 0.691. The standard InChI is InChI=1S/C18H32N2O2/c1-3-5-11-19(12-6-4-2)18(22)15-13-17(21)20(14-15)16-9-7-8-10-16/h15-16H,3-14H2,1-2H3/t15-/m1/s1. The fourth-order valence-corrected chi connectivity index (χ4v) is 3.75. The van der Waals surface area contributed by atoms with Gasteiger partial charge in [-0.25, -0.2) is 0 Å². The van der Waals surface area contributed by atoms with E-state index in [0.29, 0.717) is 19.0 Å². The molecule has 1 atom stereocenters. The number of unbranched alkanes of at least 4 members (excludes halogenated alkanes) is 2. The SMILES string of the molecule is CCCCN(CCCC)C(=O)[C@@H]1CC(=O)N(C2CCCC2)C1. The van der Waals surface area contributed by atoms with Crippen LogP contribution in [0.4, 0.5) is 0 Å². The van der Waals surface area contributed by atoms with E-state index in [0.717, 1.165) is 51.6 Å². The largest absolute Gasteiger partial charge is 0.342 e. The molecule has 4 nitrogen and oxygen atoms in total. The molecule has 0 unspecified atom stereocenters. The number of carbonyl (C=O) groups excluding carboxylic acids is 2. The molecule has 0 bridgehead atoms. The average Bonchev–Trinajstić information content (AvgIpc) is 3.16. The maximum Gasteiger partial charge on any atom is 0.227 e. The van der Waals surface area contributed by atoms with Crippen LogP contribution in [0.1, 0.15) is 71.6 Å². The molecule has 2 amide bonds. The molecule has 1 heterocycles. The van der Waals surface area contributed by atoms with Gasteiger partial charge in [0.1, 0.15) is 0 Å². The summed E-state index contributed by atoms with van der Waals surface area (Å²) >= 11 is 0. The van der Waals surface area contributed by atoms with Crippen molar-refractivity contribution in [3.8, 4) is 0 Å². The number of likely N-dealkylation sites (tertiary alicyclic amines) is 1. The van der Waals surface area contributed by atoms with Crippen molar-refractivity contribution < 1.29 is 9.59 Å². The Bertz CT molecular complexity index is 369. The van der Waals surface area contributed by atoms with Gasteiger partial charge in [-0.2, -0.15) is 0 Å². The van der Waals surface area contributed by atoms with Gasteiger partial charge < -0.3 is 9.80 Å². The molecule has 126 valence electrons. The second-order valence-electron chi connectivity index (χ2n) is 6.92. The Morgan fingerprint density at radius 2 is 1.73 bits per heavy atom. The molecule has 2 rings (SSSR count). The van der Waals surface area contributed by atoms with Gasteiger partial charge in [0.2, 0.25) is 11.8 Å². The predicted molar refractivity (Wildman–Crippen MR) is 88.5 cm³/mol. The topological polar surface area (TPSA) is 40.6 Å². The normalized spacial score (nSPS) is 22.5. The summed E-state index contributed by atoms with van der Waals surface area (Å²) in [5.41, 5.74) is 0. The summed E-state index contributed by atoms with van der Waals surface area (Å²) in [6, 6.07) is 0.407. The zero-order valence-corrected chi connectivity index (χ0v) is 14.4. The van der Waals surface area contributed by atoms with Crippen LogP contribution in [0.2, 0.25) is 0 Å². The third-order valence-electron chi connectivity index (χ3n) is 5.15. The molecule has 2 aliphatic rings. The first kappa shape index (κ1) is 17.3. The van der Waals surface area contributed by atoms with Gasteiger partial charge in [0.25, 0.3) is 0 Å². The average molecular weight is 308 g/mol. The smallest absolute Gasteiger partial charge is 0.227 e. The number of rotatable bonds is 8. The number of hydrogen-bond donors (Lipinski definition) is 0. The van der Waals surface area contributed by atoms with Crippen LogP contribution in [0, 0.1) is 5.92 Å². The van der Waals surface area contributed by atoms with E-state index in [1.54, 1.807) is 0 Å². The van der Waals surface area contributed by atoms with Crippen molar-refractivity contribution in [2.75, 3.05) is 19.6 Å². The fraction of sp³-hybridized carbons (Fsp3) is 0.889. The molecule has 0 N–H and O–H groups in total. The lowest BCUT2D eigenvalue weighted by Gasteiger charge is -2.27. The van der Waals surface area contributed by atoms with Crippen LogP contribution in [0.5, 0.6) is 0 Å². The van der Waals surface area contributed by atoms with Crippen LogP contribution < -0.4 is 0 Å². The molecular formula is C18H32N2O2. The van der Waals surface area contributed by atoms with E-state index < -0.39 is 0 Å². The molecule has 0 radical (unpaired) electrons. The highest BCUT2D eigenvalue weighted by atomic mass is 16.2. The Kier molecular flexibility index (Phi) is 6.71. The second-order valence-corrected chi connectivity index (χ2v) is 6.92. The van der Waals surface area contributed by atoms with E-state index in [4.69, 9.17) is 0 Å². The van der Waals surface area contributed by atoms with E-state index >= 15 is 0 Å². The maximum atomic E-state index is 12.8. The lowest BCUT2D eigenvalue weighted by molar-refractivity contribution is -0.136. The molecule has 22 heavy (non-hydrogen) atoms. The molecule has 4 heteroatoms. The van der Waals surface area contributed by atoms with E-state index in [-0.39, 0.29) is 17.7 Å². The summed E-state index contributed by atoms with van der Waals surface area (Å²) in [4.78, 5) is 29.1. The summed E-state index contributed by atoms with van der Waals surface area (Å²) in [5, 5.41) is 0. The van der Waals surface area contributed by atoms with Crippen molar-refractivity contribution in [1.82, 2.24) is 9.80 Å². The van der Waals surface area contributed by atoms with Crippen LogP contribution >= 0.6 is 0 Å². The molecule has 0 aromatic rings. The molecule has 1 aliphatic heterocycles. The second kappa shape index (κ2) is 8.54. The Balaban J connectivity index is 1.93. The van der Waals surface area contributed by atoms with Crippen molar-refractivity contribution >= 4 is 11.8 Å². The molecular weight excluding hydrogens is 276 g/mol. The fourth-order valence-electron chi connectivity index (χ4n) is 3.75. The van der Waals surface area contributed by atoms with Gasteiger partial charge in [0.05, 0.1) is 5.92 Å². The van der Waals surface area contributed by atoms with Gasteiger partial charge in [-0.15, -0.1) is 0 Å². The third kappa shape index (κ3) is 4.23. The van der Waals surface area contributed by atoms with Crippen molar-refractivity contribution in [2.45, 2.75) is 77.7 Å². The van der Waals surface area contributed by atoms with Gasteiger partial charge >= 0.3 is 0 Å². The van der Waals surface area contributed by atoms with E-state index in [2.05, 4.69) is 13.8 Å². The minimum atomic E-state index is -0.0955. The number of amides is 2. The Morgan fingerprint density at radius 1 is 1.14 bits per heavy atom. The minimum absolute atomic E-state index is 0.0955. The Morgan fingerprint density at radius 3 is 2.27 bits per heavy atom. The maximum absolute atomic E-state index is 12.8. The van der Waals surface area contributed by atoms with Crippen molar-refractivity contribution in [3.05, 3.63) is 0 Å². The van der Waals surface area contributed by atoms with Gasteiger partial charge in [-0.05, 0) is 25.7 Å². The summed E-state index contributed by atoms with van der Waals surface area (Å²) in [6.07, 6.45) is 9.47. The Hall–Kier alpha value is -1.06. The monoisotopic (exact) mass is 308 g/mol. The number of carbonyl (C=O) groups is 2. The van der Waals surface area contributed by atoms with Crippen LogP contribution in [0.25, 0.3) is 0 Å². The highest BCUT2D eigenvalue weighted by molar-refractivity contribution is 5.89. The lowest BCUT2D eigenvalue weighted by atomic mass is 10.1. The molecule has 2 fully saturated rings. The third-order valence-corrected chi connectivity index (χ3v) is 5.15. The van der Waals surface area contributed by atoms with Crippen molar-refractivity contribution in [1.29, 1.82) is 0 Å². The van der Waals surface area contributed by atoms with Crippen LogP contribution in [-0.4, -0.2) is 47.3 Å². The van der Waals surface area contributed by atoms with Crippen LogP contribution in [0.3, 0.4) is 0 Å². The zero-order valence-electron chi connectivity index (χ0n) is 14.4. The van der Waals surface area contributed by atoms with E-state index in [1.807, 2.05) is 9.80 Å². The molecule has 0 aromatic carbocycles. The van der Waals surface area contributed by atoms with E-state index in [1.165, 1.54) is 12.8 Å². The molecule has 0 aromatic heterocycles. The number of nitrogens with zero attached hydrogens (tertiary/aromatic N) is 2. The lowest BCUT2D eigenvalue weighted by Crippen LogP contribution is -2.40. The predicted octanol–water partition coefficient (Wildman–Crippen LogP) is 3.21. The first-order valence-electron chi connectivity index (χ1n) is 9.25. The summed E-state index contributed by atoms with van der Waals surface area (Å²) in [6.45, 7) is 6.68. The summed E-state index contributed by atoms with van der Waals surface area (Å²) in [7, 11) is 0. The van der Waals surface area contributed by atoms with Crippen molar-refractivity contribution in [2.24, 2.45) is 5.92 Å². The van der Waals surface area contributed by atoms with Gasteiger partial charge in [-0.3, -0.25) is 9.59 Å². The molecule has 1 aliphatic carbocycles. The number of hydrogen-bond acceptors (Lipinski definition) is 2. The summed E-state index contributed by atoms with van der Waals surface area (Å²) in [5.74, 6) is 0.328. The van der Waals surface area contributed by atoms with Crippen LogP contribution in [-0.2, 0) is 9.59 Å². The first-order valence-corrected chi connectivity index (χ1v) is 9.25. The first-order chi connectivity index (χ1) is 10.7. The van der Waals surface area contributed by atoms with Gasteiger partial charge in [0.15, 0.2) is 0 Å². The van der Waals surface area contributed by atoms with Gasteiger partial charge in [0, 0.05) is 32.1 Å². The highest BCUT2D eigenvalue weighted by Crippen LogP contribution is 2.30. The highest BCUT2D eigenvalue weighted by Gasteiger charge is 2.39. The molecule has 1 saturated heterocycles. The summed E-state index contributed by atoms with van der Waals surface area (Å²) < 4.78 is 0. The Labute approximate surface area is 135 Å². The van der Waals surface area contributed by atoms with Crippen molar-refractivity contribution in [3.63, 3.8) is 0 Å². The molecule has 1 saturated carbocycles.